The van der Waals surface area contributed by atoms with E-state index in [0.717, 1.165) is 24.9 Å². The highest BCUT2D eigenvalue weighted by Crippen LogP contribution is 2.09. The molecule has 0 radical (unpaired) electrons. The van der Waals surface area contributed by atoms with Crippen LogP contribution in [0.4, 0.5) is 0 Å². The van der Waals surface area contributed by atoms with Gasteiger partial charge in [0.25, 0.3) is 0 Å². The summed E-state index contributed by atoms with van der Waals surface area (Å²) in [5.74, 6) is -0.190. The first kappa shape index (κ1) is 12.1. The van der Waals surface area contributed by atoms with Crippen molar-refractivity contribution in [1.82, 2.24) is 0 Å². The monoisotopic (exact) mass is 234 g/mol. The van der Waals surface area contributed by atoms with E-state index in [0.29, 0.717) is 5.56 Å². The van der Waals surface area contributed by atoms with E-state index in [2.05, 4.69) is 7.05 Å². The molecule has 0 aromatic heterocycles. The fraction of sp³-hybridized carbons (Fsp3) is 0.500. The topological polar surface area (TPSA) is 30.7 Å². The maximum absolute atomic E-state index is 11.9. The molecule has 3 heteroatoms. The number of nitrogens with one attached hydrogen (secondary N) is 1. The van der Waals surface area contributed by atoms with Crippen molar-refractivity contribution in [3.8, 4) is 0 Å². The summed E-state index contributed by atoms with van der Waals surface area (Å²) in [6.07, 6.45) is 2.21. The molecule has 1 fully saturated rings. The zero-order valence-corrected chi connectivity index (χ0v) is 10.5. The van der Waals surface area contributed by atoms with E-state index in [-0.39, 0.29) is 12.1 Å². The van der Waals surface area contributed by atoms with Gasteiger partial charge in [0.15, 0.2) is 6.10 Å². The lowest BCUT2D eigenvalue weighted by atomic mass is 10.1. The minimum Gasteiger partial charge on any atom is -0.453 e. The van der Waals surface area contributed by atoms with E-state index in [4.69, 9.17) is 4.74 Å². The van der Waals surface area contributed by atoms with Crippen molar-refractivity contribution in [3.05, 3.63) is 35.4 Å². The van der Waals surface area contributed by atoms with Crippen molar-refractivity contribution < 1.29 is 14.4 Å². The zero-order valence-electron chi connectivity index (χ0n) is 10.5. The van der Waals surface area contributed by atoms with Crippen LogP contribution in [0.1, 0.15) is 28.8 Å². The number of carbonyl (C=O) groups is 1. The quantitative estimate of drug-likeness (QED) is 0.768. The highest BCUT2D eigenvalue weighted by Gasteiger charge is 2.23. The predicted molar refractivity (Wildman–Crippen MR) is 66.2 cm³/mol. The van der Waals surface area contributed by atoms with Gasteiger partial charge >= 0.3 is 5.97 Å². The van der Waals surface area contributed by atoms with Crippen LogP contribution >= 0.6 is 0 Å². The third kappa shape index (κ3) is 3.30. The Bertz CT molecular complexity index is 386. The van der Waals surface area contributed by atoms with Crippen molar-refractivity contribution in [3.63, 3.8) is 0 Å². The standard InChI is InChI=1S/C14H19NO2/c1-11-5-7-12(8-6-11)14(16)17-13-4-3-9-15(2)10-13/h5-8,13H,3-4,9-10H2,1-2H3/p+1/t13-/m0/s1. The number of benzene rings is 1. The Labute approximate surface area is 102 Å². The number of hydrogen-bond donors (Lipinski definition) is 1. The Hall–Kier alpha value is -1.35. The van der Waals surface area contributed by atoms with Crippen LogP contribution in [-0.2, 0) is 4.74 Å². The Morgan fingerprint density at radius 2 is 2.06 bits per heavy atom. The van der Waals surface area contributed by atoms with E-state index in [9.17, 15) is 4.79 Å². The van der Waals surface area contributed by atoms with Gasteiger partial charge in [-0.1, -0.05) is 17.7 Å². The van der Waals surface area contributed by atoms with Gasteiger partial charge in [0, 0.05) is 6.42 Å². The molecule has 2 atom stereocenters. The highest BCUT2D eigenvalue weighted by atomic mass is 16.5. The maximum atomic E-state index is 11.9. The van der Waals surface area contributed by atoms with Crippen molar-refractivity contribution in [2.24, 2.45) is 0 Å². The number of rotatable bonds is 2. The molecule has 92 valence electrons. The first-order valence-corrected chi connectivity index (χ1v) is 6.24. The molecular weight excluding hydrogens is 214 g/mol. The fourth-order valence-corrected chi connectivity index (χ4v) is 2.23. The van der Waals surface area contributed by atoms with E-state index >= 15 is 0 Å². The third-order valence-corrected chi connectivity index (χ3v) is 3.27. The summed E-state index contributed by atoms with van der Waals surface area (Å²) in [4.78, 5) is 13.3. The number of likely N-dealkylation sites (tertiary alicyclic amines) is 1. The van der Waals surface area contributed by atoms with E-state index < -0.39 is 0 Å². The van der Waals surface area contributed by atoms with Gasteiger partial charge in [0.2, 0.25) is 0 Å². The summed E-state index contributed by atoms with van der Waals surface area (Å²) in [6, 6.07) is 7.54. The van der Waals surface area contributed by atoms with Crippen LogP contribution in [0.5, 0.6) is 0 Å². The molecule has 1 N–H and O–H groups in total. The first-order valence-electron chi connectivity index (χ1n) is 6.24. The number of likely N-dealkylation sites (N-methyl/N-ethyl adjacent to an activating group) is 1. The summed E-state index contributed by atoms with van der Waals surface area (Å²) >= 11 is 0. The van der Waals surface area contributed by atoms with Crippen LogP contribution in [0.15, 0.2) is 24.3 Å². The second kappa shape index (κ2) is 5.32. The van der Waals surface area contributed by atoms with Gasteiger partial charge in [-0.25, -0.2) is 4.79 Å². The van der Waals surface area contributed by atoms with Gasteiger partial charge in [-0.2, -0.15) is 0 Å². The molecule has 17 heavy (non-hydrogen) atoms. The molecule has 0 saturated carbocycles. The van der Waals surface area contributed by atoms with Gasteiger partial charge in [0.1, 0.15) is 6.54 Å². The predicted octanol–water partition coefficient (Wildman–Crippen LogP) is 0.829. The van der Waals surface area contributed by atoms with Crippen molar-refractivity contribution in [1.29, 1.82) is 0 Å². The van der Waals surface area contributed by atoms with E-state index in [1.807, 2.05) is 31.2 Å². The molecule has 1 saturated heterocycles. The smallest absolute Gasteiger partial charge is 0.338 e. The molecule has 2 rings (SSSR count). The number of carbonyl (C=O) groups excluding carboxylic acids is 1. The molecule has 1 aliphatic rings. The zero-order chi connectivity index (χ0) is 12.3. The van der Waals surface area contributed by atoms with Crippen LogP contribution in [0.2, 0.25) is 0 Å². The SMILES string of the molecule is Cc1ccc(C(=O)O[C@H]2CCC[NH+](C)C2)cc1. The summed E-state index contributed by atoms with van der Waals surface area (Å²) in [5.41, 5.74) is 1.81. The molecule has 0 aliphatic carbocycles. The number of quaternary nitrogens is 1. The first-order chi connectivity index (χ1) is 8.15. The Morgan fingerprint density at radius 1 is 1.35 bits per heavy atom. The fourth-order valence-electron chi connectivity index (χ4n) is 2.23. The molecule has 1 unspecified atom stereocenters. The van der Waals surface area contributed by atoms with Gasteiger partial charge in [-0.15, -0.1) is 0 Å². The number of esters is 1. The van der Waals surface area contributed by atoms with Crippen molar-refractivity contribution >= 4 is 5.97 Å². The number of hydrogen-bond acceptors (Lipinski definition) is 2. The van der Waals surface area contributed by atoms with Crippen molar-refractivity contribution in [2.75, 3.05) is 20.1 Å². The Balaban J connectivity index is 1.94. The van der Waals surface area contributed by atoms with Gasteiger partial charge in [0.05, 0.1) is 19.2 Å². The van der Waals surface area contributed by atoms with Gasteiger partial charge in [-0.05, 0) is 25.5 Å². The molecular formula is C14H20NO2+. The largest absolute Gasteiger partial charge is 0.453 e. The lowest BCUT2D eigenvalue weighted by molar-refractivity contribution is -0.888. The number of piperidine rings is 1. The van der Waals surface area contributed by atoms with Crippen LogP contribution in [0.3, 0.4) is 0 Å². The van der Waals surface area contributed by atoms with Crippen LogP contribution in [-0.4, -0.2) is 32.2 Å². The molecule has 0 amide bonds. The number of aryl methyl sites for hydroxylation is 1. The van der Waals surface area contributed by atoms with Crippen molar-refractivity contribution in [2.45, 2.75) is 25.9 Å². The summed E-state index contributed by atoms with van der Waals surface area (Å²) in [6.45, 7) is 4.12. The van der Waals surface area contributed by atoms with Crippen LogP contribution in [0, 0.1) is 6.92 Å². The summed E-state index contributed by atoms with van der Waals surface area (Å²) in [5, 5.41) is 0. The lowest BCUT2D eigenvalue weighted by Crippen LogP contribution is -3.11. The molecule has 1 aromatic carbocycles. The molecule has 0 bridgehead atoms. The molecule has 1 aromatic rings. The normalized spacial score (nSPS) is 24.4. The van der Waals surface area contributed by atoms with Gasteiger partial charge < -0.3 is 9.64 Å². The minimum absolute atomic E-state index is 0.0811. The average Bonchev–Trinajstić information content (AvgIpc) is 2.29. The average molecular weight is 234 g/mol. The summed E-state index contributed by atoms with van der Waals surface area (Å²) < 4.78 is 5.53. The number of ether oxygens (including phenoxy) is 1. The third-order valence-electron chi connectivity index (χ3n) is 3.27. The lowest BCUT2D eigenvalue weighted by Gasteiger charge is -2.26. The van der Waals surface area contributed by atoms with Gasteiger partial charge in [-0.3, -0.25) is 0 Å². The second-order valence-corrected chi connectivity index (χ2v) is 4.95. The Morgan fingerprint density at radius 3 is 2.71 bits per heavy atom. The molecule has 1 heterocycles. The molecule has 3 nitrogen and oxygen atoms in total. The minimum atomic E-state index is -0.190. The Kier molecular flexibility index (Phi) is 3.79. The maximum Gasteiger partial charge on any atom is 0.338 e. The molecule has 1 aliphatic heterocycles. The van der Waals surface area contributed by atoms with Crippen LogP contribution < -0.4 is 4.90 Å². The summed E-state index contributed by atoms with van der Waals surface area (Å²) in [7, 11) is 2.14. The second-order valence-electron chi connectivity index (χ2n) is 4.95. The van der Waals surface area contributed by atoms with E-state index in [1.54, 1.807) is 0 Å². The van der Waals surface area contributed by atoms with Crippen LogP contribution in [0.25, 0.3) is 0 Å². The highest BCUT2D eigenvalue weighted by molar-refractivity contribution is 5.89. The molecule has 0 spiro atoms. The van der Waals surface area contributed by atoms with E-state index in [1.165, 1.54) is 11.4 Å².